The molecular formula is C15H15N3. The van der Waals surface area contributed by atoms with Gasteiger partial charge in [-0.3, -0.25) is 4.98 Å². The lowest BCUT2D eigenvalue weighted by molar-refractivity contribution is 0.964. The fraction of sp³-hybridized carbons (Fsp3) is 0.200. The number of nitriles is 1. The molecule has 3 heteroatoms. The summed E-state index contributed by atoms with van der Waals surface area (Å²) in [6, 6.07) is 11.8. The summed E-state index contributed by atoms with van der Waals surface area (Å²) in [5.41, 5.74) is 4.10. The molecule has 1 aromatic carbocycles. The van der Waals surface area contributed by atoms with Crippen LogP contribution in [0, 0.1) is 25.2 Å². The maximum atomic E-state index is 9.29. The molecule has 0 amide bonds. The van der Waals surface area contributed by atoms with Gasteiger partial charge in [0.1, 0.15) is 6.04 Å². The minimum absolute atomic E-state index is 0.375. The summed E-state index contributed by atoms with van der Waals surface area (Å²) < 4.78 is 0. The van der Waals surface area contributed by atoms with Crippen LogP contribution in [0.1, 0.15) is 22.7 Å². The number of rotatable bonds is 3. The van der Waals surface area contributed by atoms with E-state index in [9.17, 15) is 5.26 Å². The molecule has 2 rings (SSSR count). The molecule has 1 aromatic heterocycles. The fourth-order valence-corrected chi connectivity index (χ4v) is 1.86. The maximum absolute atomic E-state index is 9.29. The second-order valence-electron chi connectivity index (χ2n) is 4.31. The van der Waals surface area contributed by atoms with Gasteiger partial charge in [0, 0.05) is 23.6 Å². The minimum Gasteiger partial charge on any atom is -0.366 e. The van der Waals surface area contributed by atoms with Crippen molar-refractivity contribution in [2.75, 3.05) is 5.32 Å². The number of nitrogens with one attached hydrogen (secondary N) is 1. The van der Waals surface area contributed by atoms with E-state index in [1.54, 1.807) is 12.4 Å². The summed E-state index contributed by atoms with van der Waals surface area (Å²) in [6.45, 7) is 4.02. The first-order chi connectivity index (χ1) is 8.70. The van der Waals surface area contributed by atoms with E-state index < -0.39 is 0 Å². The lowest BCUT2D eigenvalue weighted by Gasteiger charge is -2.15. The first-order valence-corrected chi connectivity index (χ1v) is 5.84. The summed E-state index contributed by atoms with van der Waals surface area (Å²) >= 11 is 0. The van der Waals surface area contributed by atoms with Crippen LogP contribution in [0.4, 0.5) is 5.69 Å². The SMILES string of the molecule is Cc1cccc(NC(C#N)c2cnccc2C)c1. The van der Waals surface area contributed by atoms with Crippen LogP contribution in [0.3, 0.4) is 0 Å². The Morgan fingerprint density at radius 2 is 2.11 bits per heavy atom. The van der Waals surface area contributed by atoms with E-state index in [2.05, 4.69) is 16.4 Å². The number of benzene rings is 1. The van der Waals surface area contributed by atoms with E-state index in [1.165, 1.54) is 5.56 Å². The monoisotopic (exact) mass is 237 g/mol. The van der Waals surface area contributed by atoms with Gasteiger partial charge in [0.05, 0.1) is 6.07 Å². The van der Waals surface area contributed by atoms with Gasteiger partial charge in [-0.2, -0.15) is 5.26 Å². The standard InChI is InChI=1S/C15H15N3/c1-11-4-3-5-13(8-11)18-15(9-16)14-10-17-7-6-12(14)2/h3-8,10,15,18H,1-2H3. The van der Waals surface area contributed by atoms with Crippen LogP contribution in [0.5, 0.6) is 0 Å². The second-order valence-corrected chi connectivity index (χ2v) is 4.31. The maximum Gasteiger partial charge on any atom is 0.142 e. The number of nitrogens with zero attached hydrogens (tertiary/aromatic N) is 2. The number of aromatic nitrogens is 1. The molecule has 0 aliphatic rings. The van der Waals surface area contributed by atoms with Crippen LogP contribution < -0.4 is 5.32 Å². The van der Waals surface area contributed by atoms with Crippen molar-refractivity contribution < 1.29 is 0 Å². The van der Waals surface area contributed by atoms with Crippen molar-refractivity contribution in [3.63, 3.8) is 0 Å². The Hall–Kier alpha value is -2.34. The summed E-state index contributed by atoms with van der Waals surface area (Å²) in [4.78, 5) is 4.08. The van der Waals surface area contributed by atoms with E-state index in [4.69, 9.17) is 0 Å². The molecule has 2 aromatic rings. The normalized spacial score (nSPS) is 11.6. The summed E-state index contributed by atoms with van der Waals surface area (Å²) in [6.07, 6.45) is 3.48. The molecule has 18 heavy (non-hydrogen) atoms. The van der Waals surface area contributed by atoms with Gasteiger partial charge in [-0.15, -0.1) is 0 Å². The van der Waals surface area contributed by atoms with Gasteiger partial charge in [-0.25, -0.2) is 0 Å². The van der Waals surface area contributed by atoms with Crippen molar-refractivity contribution in [3.8, 4) is 6.07 Å². The van der Waals surface area contributed by atoms with E-state index >= 15 is 0 Å². The Morgan fingerprint density at radius 3 is 2.78 bits per heavy atom. The number of aryl methyl sites for hydroxylation is 2. The third kappa shape index (κ3) is 2.67. The first-order valence-electron chi connectivity index (χ1n) is 5.84. The van der Waals surface area contributed by atoms with Crippen LogP contribution in [0.25, 0.3) is 0 Å². The van der Waals surface area contributed by atoms with E-state index in [0.29, 0.717) is 0 Å². The van der Waals surface area contributed by atoms with Crippen LogP contribution >= 0.6 is 0 Å². The van der Waals surface area contributed by atoms with Gasteiger partial charge in [-0.1, -0.05) is 12.1 Å². The van der Waals surface area contributed by atoms with Crippen LogP contribution in [0.2, 0.25) is 0 Å². The minimum atomic E-state index is -0.375. The molecule has 1 heterocycles. The van der Waals surface area contributed by atoms with E-state index in [1.807, 2.05) is 44.2 Å². The van der Waals surface area contributed by atoms with Crippen molar-refractivity contribution in [2.45, 2.75) is 19.9 Å². The molecule has 0 saturated carbocycles. The Bertz CT molecular complexity index is 584. The van der Waals surface area contributed by atoms with Gasteiger partial charge in [0.25, 0.3) is 0 Å². The Balaban J connectivity index is 2.26. The number of anilines is 1. The highest BCUT2D eigenvalue weighted by Gasteiger charge is 2.12. The second kappa shape index (κ2) is 5.33. The molecule has 0 aliphatic carbocycles. The predicted octanol–water partition coefficient (Wildman–Crippen LogP) is 3.38. The topological polar surface area (TPSA) is 48.7 Å². The summed E-state index contributed by atoms with van der Waals surface area (Å²) in [5, 5.41) is 12.5. The average molecular weight is 237 g/mol. The summed E-state index contributed by atoms with van der Waals surface area (Å²) in [5.74, 6) is 0. The van der Waals surface area contributed by atoms with Crippen molar-refractivity contribution >= 4 is 5.69 Å². The zero-order chi connectivity index (χ0) is 13.0. The average Bonchev–Trinajstić information content (AvgIpc) is 2.37. The smallest absolute Gasteiger partial charge is 0.142 e. The molecular weight excluding hydrogens is 222 g/mol. The number of pyridine rings is 1. The molecule has 0 spiro atoms. The van der Waals surface area contributed by atoms with Gasteiger partial charge in [0.2, 0.25) is 0 Å². The Morgan fingerprint density at radius 1 is 1.28 bits per heavy atom. The molecule has 0 radical (unpaired) electrons. The molecule has 90 valence electrons. The highest BCUT2D eigenvalue weighted by molar-refractivity contribution is 5.49. The Labute approximate surface area is 107 Å². The van der Waals surface area contributed by atoms with Gasteiger partial charge >= 0.3 is 0 Å². The molecule has 0 bridgehead atoms. The van der Waals surface area contributed by atoms with Crippen molar-refractivity contribution in [1.29, 1.82) is 5.26 Å². The predicted molar refractivity (Wildman–Crippen MR) is 72.1 cm³/mol. The lowest BCUT2D eigenvalue weighted by Crippen LogP contribution is -2.10. The third-order valence-electron chi connectivity index (χ3n) is 2.85. The molecule has 1 unspecified atom stereocenters. The van der Waals surface area contributed by atoms with Crippen LogP contribution in [-0.4, -0.2) is 4.98 Å². The zero-order valence-corrected chi connectivity index (χ0v) is 10.5. The Kier molecular flexibility index (Phi) is 3.59. The van der Waals surface area contributed by atoms with Crippen molar-refractivity contribution in [3.05, 3.63) is 59.4 Å². The van der Waals surface area contributed by atoms with Crippen LogP contribution in [-0.2, 0) is 0 Å². The number of hydrogen-bond donors (Lipinski definition) is 1. The molecule has 0 aliphatic heterocycles. The largest absolute Gasteiger partial charge is 0.366 e. The highest BCUT2D eigenvalue weighted by atomic mass is 14.9. The highest BCUT2D eigenvalue weighted by Crippen LogP contribution is 2.21. The molecule has 0 fully saturated rings. The summed E-state index contributed by atoms with van der Waals surface area (Å²) in [7, 11) is 0. The quantitative estimate of drug-likeness (QED) is 0.890. The molecule has 1 N–H and O–H groups in total. The zero-order valence-electron chi connectivity index (χ0n) is 10.5. The third-order valence-corrected chi connectivity index (χ3v) is 2.85. The van der Waals surface area contributed by atoms with Gasteiger partial charge in [0.15, 0.2) is 0 Å². The molecule has 0 saturated heterocycles. The lowest BCUT2D eigenvalue weighted by atomic mass is 10.0. The first kappa shape index (κ1) is 12.1. The fourth-order valence-electron chi connectivity index (χ4n) is 1.86. The van der Waals surface area contributed by atoms with Crippen molar-refractivity contribution in [1.82, 2.24) is 4.98 Å². The number of hydrogen-bond acceptors (Lipinski definition) is 3. The van der Waals surface area contributed by atoms with E-state index in [-0.39, 0.29) is 6.04 Å². The van der Waals surface area contributed by atoms with E-state index in [0.717, 1.165) is 16.8 Å². The van der Waals surface area contributed by atoms with Crippen LogP contribution in [0.15, 0.2) is 42.7 Å². The van der Waals surface area contributed by atoms with Crippen molar-refractivity contribution in [2.24, 2.45) is 0 Å². The molecule has 1 atom stereocenters. The van der Waals surface area contributed by atoms with Gasteiger partial charge < -0.3 is 5.32 Å². The van der Waals surface area contributed by atoms with Gasteiger partial charge in [-0.05, 0) is 43.2 Å². The molecule has 3 nitrogen and oxygen atoms in total.